The third kappa shape index (κ3) is 4.01. The van der Waals surface area contributed by atoms with E-state index in [-0.39, 0.29) is 23.0 Å². The Balaban J connectivity index is 1.45. The Morgan fingerprint density at radius 3 is 2.50 bits per heavy atom. The fourth-order valence-corrected chi connectivity index (χ4v) is 5.10. The van der Waals surface area contributed by atoms with Crippen LogP contribution < -0.4 is 15.0 Å². The van der Waals surface area contributed by atoms with Crippen LogP contribution in [0, 0.1) is 5.82 Å². The maximum Gasteiger partial charge on any atom is 0.258 e. The van der Waals surface area contributed by atoms with E-state index in [2.05, 4.69) is 9.97 Å². The van der Waals surface area contributed by atoms with Gasteiger partial charge in [0.2, 0.25) is 0 Å². The van der Waals surface area contributed by atoms with Crippen molar-refractivity contribution in [3.63, 3.8) is 0 Å². The van der Waals surface area contributed by atoms with Gasteiger partial charge in [-0.1, -0.05) is 12.1 Å². The number of hydrogen-bond acceptors (Lipinski definition) is 6. The second kappa shape index (κ2) is 8.87. The van der Waals surface area contributed by atoms with E-state index >= 15 is 0 Å². The molecular weight excluding hydrogens is 455 g/mol. The molecule has 2 heterocycles. The number of halogens is 1. The summed E-state index contributed by atoms with van der Waals surface area (Å²) >= 11 is 1.27. The number of fused-ring (bicyclic) bond motifs is 1. The number of carbonyl (C=O) groups is 1. The Morgan fingerprint density at radius 2 is 1.79 bits per heavy atom. The van der Waals surface area contributed by atoms with Crippen molar-refractivity contribution in [1.82, 2.24) is 9.97 Å². The van der Waals surface area contributed by atoms with Crippen LogP contribution in [0.4, 0.5) is 4.39 Å². The quantitative estimate of drug-likeness (QED) is 0.426. The zero-order chi connectivity index (χ0) is 23.8. The van der Waals surface area contributed by atoms with Crippen LogP contribution in [0.25, 0.3) is 21.8 Å². The molecule has 0 amide bonds. The van der Waals surface area contributed by atoms with Gasteiger partial charge < -0.3 is 14.5 Å². The molecule has 0 saturated heterocycles. The number of benzene rings is 2. The third-order valence-corrected chi connectivity index (χ3v) is 6.95. The smallest absolute Gasteiger partial charge is 0.258 e. The number of aromatic amines is 1. The van der Waals surface area contributed by atoms with Gasteiger partial charge in [0.05, 0.1) is 25.5 Å². The molecule has 2 aromatic carbocycles. The summed E-state index contributed by atoms with van der Waals surface area (Å²) in [7, 11) is 3.01. The summed E-state index contributed by atoms with van der Waals surface area (Å²) in [5.74, 6) is 0.386. The van der Waals surface area contributed by atoms with Crippen LogP contribution in [0.15, 0.2) is 58.7 Å². The molecule has 0 radical (unpaired) electrons. The lowest BCUT2D eigenvalue weighted by molar-refractivity contribution is 0.0963. The van der Waals surface area contributed by atoms with Crippen LogP contribution in [0.3, 0.4) is 0 Å². The van der Waals surface area contributed by atoms with Crippen molar-refractivity contribution in [3.05, 3.63) is 86.9 Å². The van der Waals surface area contributed by atoms with Crippen molar-refractivity contribution in [2.24, 2.45) is 0 Å². The monoisotopic (exact) mass is 476 g/mol. The van der Waals surface area contributed by atoms with Gasteiger partial charge in [-0.05, 0) is 54.3 Å². The number of nitrogens with one attached hydrogen (secondary N) is 1. The minimum absolute atomic E-state index is 0.0103. The average Bonchev–Trinajstić information content (AvgIpc) is 3.33. The number of ether oxygens (including phenoxy) is 2. The molecule has 8 heteroatoms. The number of hydrogen-bond donors (Lipinski definition) is 1. The third-order valence-electron chi connectivity index (χ3n) is 6.07. The standard InChI is InChI=1S/C26H21FN2O4S/c1-32-17-6-3-14(4-7-17)16-10-21-18(23(30)11-16)12-19(25(31)28-21)26-29-22(13-34-26)15-5-8-24(33-2)20(27)9-15/h3-9,12-13,16H,10-11H2,1-2H3,(H,28,31). The van der Waals surface area contributed by atoms with Crippen LogP contribution in [-0.2, 0) is 6.42 Å². The van der Waals surface area contributed by atoms with E-state index in [1.807, 2.05) is 24.3 Å². The SMILES string of the molecule is COc1ccc(C2CC(=O)c3cc(-c4nc(-c5ccc(OC)c(F)c5)cs4)c(=O)[nH]c3C2)cc1. The van der Waals surface area contributed by atoms with Gasteiger partial charge in [-0.15, -0.1) is 11.3 Å². The van der Waals surface area contributed by atoms with E-state index in [1.165, 1.54) is 30.6 Å². The fourth-order valence-electron chi connectivity index (χ4n) is 4.26. The topological polar surface area (TPSA) is 81.3 Å². The van der Waals surface area contributed by atoms with Crippen LogP contribution in [0.1, 0.15) is 34.0 Å². The number of Topliss-reactive ketones (excluding diaryl/α,β-unsaturated/α-hetero) is 1. The average molecular weight is 477 g/mol. The van der Waals surface area contributed by atoms with Crippen molar-refractivity contribution >= 4 is 17.1 Å². The first-order valence-corrected chi connectivity index (χ1v) is 11.6. The summed E-state index contributed by atoms with van der Waals surface area (Å²) in [6.45, 7) is 0. The summed E-state index contributed by atoms with van der Waals surface area (Å²) in [6, 6.07) is 13.9. The number of pyridine rings is 1. The summed E-state index contributed by atoms with van der Waals surface area (Å²) in [5, 5.41) is 2.23. The van der Waals surface area contributed by atoms with Crippen LogP contribution in [0.5, 0.6) is 11.5 Å². The first-order valence-electron chi connectivity index (χ1n) is 10.7. The first kappa shape index (κ1) is 22.0. The number of rotatable bonds is 5. The van der Waals surface area contributed by atoms with E-state index in [9.17, 15) is 14.0 Å². The van der Waals surface area contributed by atoms with E-state index in [1.54, 1.807) is 24.6 Å². The highest BCUT2D eigenvalue weighted by molar-refractivity contribution is 7.13. The number of nitrogens with zero attached hydrogens (tertiary/aromatic N) is 1. The van der Waals surface area contributed by atoms with Gasteiger partial charge in [-0.2, -0.15) is 0 Å². The zero-order valence-corrected chi connectivity index (χ0v) is 19.4. The minimum Gasteiger partial charge on any atom is -0.497 e. The highest BCUT2D eigenvalue weighted by atomic mass is 32.1. The van der Waals surface area contributed by atoms with Crippen molar-refractivity contribution < 1.29 is 18.7 Å². The van der Waals surface area contributed by atoms with Crippen molar-refractivity contribution in [2.75, 3.05) is 14.2 Å². The molecular formula is C26H21FN2O4S. The molecule has 2 aromatic heterocycles. The second-order valence-corrected chi connectivity index (χ2v) is 8.95. The highest BCUT2D eigenvalue weighted by Gasteiger charge is 2.28. The molecule has 34 heavy (non-hydrogen) atoms. The maximum absolute atomic E-state index is 14.1. The number of aromatic nitrogens is 2. The summed E-state index contributed by atoms with van der Waals surface area (Å²) in [4.78, 5) is 33.3. The summed E-state index contributed by atoms with van der Waals surface area (Å²) in [5.41, 5.74) is 3.34. The van der Waals surface area contributed by atoms with E-state index in [0.29, 0.717) is 45.9 Å². The van der Waals surface area contributed by atoms with Crippen LogP contribution in [-0.4, -0.2) is 30.0 Å². The normalized spacial score (nSPS) is 15.1. The summed E-state index contributed by atoms with van der Waals surface area (Å²) in [6.07, 6.45) is 0.927. The lowest BCUT2D eigenvalue weighted by Gasteiger charge is -2.24. The maximum atomic E-state index is 14.1. The molecule has 1 N–H and O–H groups in total. The second-order valence-electron chi connectivity index (χ2n) is 8.09. The molecule has 0 aliphatic heterocycles. The van der Waals surface area contributed by atoms with Gasteiger partial charge in [0, 0.05) is 28.6 Å². The van der Waals surface area contributed by atoms with Crippen LogP contribution in [0.2, 0.25) is 0 Å². The molecule has 1 atom stereocenters. The Hall–Kier alpha value is -3.78. The Bertz CT molecular complexity index is 1440. The number of H-pyrrole nitrogens is 1. The number of carbonyl (C=O) groups excluding carboxylic acids is 1. The van der Waals surface area contributed by atoms with E-state index in [0.717, 1.165) is 11.3 Å². The van der Waals surface area contributed by atoms with Crippen LogP contribution >= 0.6 is 11.3 Å². The lowest BCUT2D eigenvalue weighted by atomic mass is 9.81. The molecule has 0 fully saturated rings. The highest BCUT2D eigenvalue weighted by Crippen LogP contribution is 2.35. The molecule has 172 valence electrons. The largest absolute Gasteiger partial charge is 0.497 e. The Morgan fingerprint density at radius 1 is 1.00 bits per heavy atom. The zero-order valence-electron chi connectivity index (χ0n) is 18.6. The van der Waals surface area contributed by atoms with Gasteiger partial charge >= 0.3 is 0 Å². The lowest BCUT2D eigenvalue weighted by Crippen LogP contribution is -2.24. The molecule has 1 aliphatic rings. The molecule has 0 saturated carbocycles. The van der Waals surface area contributed by atoms with Crippen molar-refractivity contribution in [2.45, 2.75) is 18.8 Å². The first-order chi connectivity index (χ1) is 16.5. The summed E-state index contributed by atoms with van der Waals surface area (Å²) < 4.78 is 24.3. The Kier molecular flexibility index (Phi) is 5.75. The molecule has 1 unspecified atom stereocenters. The molecule has 5 rings (SSSR count). The molecule has 0 spiro atoms. The number of ketones is 1. The van der Waals surface area contributed by atoms with Crippen molar-refractivity contribution in [1.29, 1.82) is 0 Å². The number of thiazole rings is 1. The van der Waals surface area contributed by atoms with E-state index in [4.69, 9.17) is 9.47 Å². The van der Waals surface area contributed by atoms with Crippen molar-refractivity contribution in [3.8, 4) is 33.3 Å². The van der Waals surface area contributed by atoms with Gasteiger partial charge in [-0.25, -0.2) is 9.37 Å². The van der Waals surface area contributed by atoms with E-state index < -0.39 is 5.82 Å². The molecule has 4 aromatic rings. The predicted molar refractivity (Wildman–Crippen MR) is 129 cm³/mol. The van der Waals surface area contributed by atoms with Gasteiger partial charge in [-0.3, -0.25) is 9.59 Å². The minimum atomic E-state index is -0.488. The van der Waals surface area contributed by atoms with Gasteiger partial charge in [0.1, 0.15) is 10.8 Å². The predicted octanol–water partition coefficient (Wildman–Crippen LogP) is 5.23. The molecule has 0 bridgehead atoms. The molecule has 6 nitrogen and oxygen atoms in total. The van der Waals surface area contributed by atoms with Gasteiger partial charge in [0.15, 0.2) is 17.3 Å². The number of methoxy groups -OCH3 is 2. The molecule has 1 aliphatic carbocycles. The fraction of sp³-hybridized carbons (Fsp3) is 0.192. The Labute approximate surface area is 199 Å². The van der Waals surface area contributed by atoms with Gasteiger partial charge in [0.25, 0.3) is 5.56 Å².